The van der Waals surface area contributed by atoms with Gasteiger partial charge in [-0.1, -0.05) is 60.2 Å². The van der Waals surface area contributed by atoms with E-state index in [1.165, 1.54) is 39.8 Å². The van der Waals surface area contributed by atoms with E-state index in [0.29, 0.717) is 11.4 Å². The van der Waals surface area contributed by atoms with Gasteiger partial charge in [-0.3, -0.25) is 4.79 Å². The number of fused-ring (bicyclic) bond motifs is 5. The van der Waals surface area contributed by atoms with E-state index >= 15 is 0 Å². The molecule has 0 saturated carbocycles. The molecule has 1 unspecified atom stereocenters. The van der Waals surface area contributed by atoms with Gasteiger partial charge in [0.1, 0.15) is 5.15 Å². The standard InChI is InChI=1S/C25H20ClNO2/c1-29-24-14-18(13-23(26)27-24)25(28)17-7-6-16-9-10-20-19-5-3-2-4-15(19)8-11-21(20)22(16)12-17/h2-5,9-14,17H,6-8H2,1H3. The molecule has 0 amide bonds. The van der Waals surface area contributed by atoms with Gasteiger partial charge in [0.25, 0.3) is 0 Å². The van der Waals surface area contributed by atoms with Crippen LogP contribution in [0.4, 0.5) is 0 Å². The van der Waals surface area contributed by atoms with Crippen LogP contribution in [0, 0.1) is 5.92 Å². The van der Waals surface area contributed by atoms with Crippen molar-refractivity contribution in [2.75, 3.05) is 7.11 Å². The molecule has 0 spiro atoms. The van der Waals surface area contributed by atoms with Gasteiger partial charge in [-0.2, -0.15) is 0 Å². The van der Waals surface area contributed by atoms with Crippen LogP contribution >= 0.6 is 11.6 Å². The van der Waals surface area contributed by atoms with E-state index in [9.17, 15) is 4.79 Å². The van der Waals surface area contributed by atoms with Crippen LogP contribution in [0.25, 0.3) is 23.3 Å². The monoisotopic (exact) mass is 401 g/mol. The predicted molar refractivity (Wildman–Crippen MR) is 116 cm³/mol. The Morgan fingerprint density at radius 1 is 1.07 bits per heavy atom. The zero-order valence-electron chi connectivity index (χ0n) is 16.1. The highest BCUT2D eigenvalue weighted by Crippen LogP contribution is 2.27. The number of aryl methyl sites for hydroxylation is 1. The molecule has 0 saturated heterocycles. The Morgan fingerprint density at radius 2 is 1.93 bits per heavy atom. The van der Waals surface area contributed by atoms with E-state index in [0.717, 1.165) is 19.3 Å². The van der Waals surface area contributed by atoms with Crippen molar-refractivity contribution >= 4 is 29.5 Å². The molecule has 1 heterocycles. The number of Topliss-reactive ketones (excluding diaryl/α,β-unsaturated/α-hetero) is 1. The Hall–Kier alpha value is -2.91. The van der Waals surface area contributed by atoms with Gasteiger partial charge >= 0.3 is 0 Å². The van der Waals surface area contributed by atoms with Gasteiger partial charge in [0.05, 0.1) is 7.11 Å². The fourth-order valence-corrected chi connectivity index (χ4v) is 4.66. The third kappa shape index (κ3) is 3.16. The molecule has 1 aromatic heterocycles. The van der Waals surface area contributed by atoms with Crippen molar-refractivity contribution in [2.45, 2.75) is 19.3 Å². The fourth-order valence-electron chi connectivity index (χ4n) is 4.46. The Labute approximate surface area is 174 Å². The molecule has 4 heteroatoms. The van der Waals surface area contributed by atoms with Gasteiger partial charge in [-0.25, -0.2) is 4.98 Å². The van der Waals surface area contributed by atoms with Gasteiger partial charge in [0.2, 0.25) is 5.88 Å². The van der Waals surface area contributed by atoms with Crippen LogP contribution in [0.5, 0.6) is 5.88 Å². The molecule has 29 heavy (non-hydrogen) atoms. The predicted octanol–water partition coefficient (Wildman–Crippen LogP) is 3.97. The second-order valence-corrected chi connectivity index (χ2v) is 7.95. The van der Waals surface area contributed by atoms with Gasteiger partial charge in [-0.15, -0.1) is 0 Å². The summed E-state index contributed by atoms with van der Waals surface area (Å²) in [5.74, 6) is 0.245. The van der Waals surface area contributed by atoms with Crippen molar-refractivity contribution in [3.63, 3.8) is 0 Å². The van der Waals surface area contributed by atoms with Crippen molar-refractivity contribution in [3.05, 3.63) is 80.8 Å². The van der Waals surface area contributed by atoms with E-state index in [-0.39, 0.29) is 16.9 Å². The average molecular weight is 402 g/mol. The molecule has 3 nitrogen and oxygen atoms in total. The molecular weight excluding hydrogens is 382 g/mol. The summed E-state index contributed by atoms with van der Waals surface area (Å²) in [6.45, 7) is 0. The average Bonchev–Trinajstić information content (AvgIpc) is 2.77. The van der Waals surface area contributed by atoms with Crippen LogP contribution in [0.1, 0.15) is 27.9 Å². The molecule has 0 bridgehead atoms. The number of ether oxygens (including phenoxy) is 1. The summed E-state index contributed by atoms with van der Waals surface area (Å²) in [6.07, 6.45) is 7.05. The van der Waals surface area contributed by atoms with E-state index in [4.69, 9.17) is 16.3 Å². The van der Waals surface area contributed by atoms with Crippen molar-refractivity contribution in [1.82, 2.24) is 4.98 Å². The lowest BCUT2D eigenvalue weighted by Gasteiger charge is -2.21. The number of carbonyl (C=O) groups is 1. The maximum absolute atomic E-state index is 13.2. The normalized spacial score (nSPS) is 16.6. The molecule has 2 aromatic carbocycles. The Kier molecular flexibility index (Phi) is 4.48. The number of nitrogens with zero attached hydrogens (tertiary/aromatic N) is 1. The molecule has 2 aliphatic rings. The van der Waals surface area contributed by atoms with Crippen LogP contribution in [-0.2, 0) is 12.8 Å². The molecule has 1 atom stereocenters. The number of halogens is 1. The third-order valence-electron chi connectivity index (χ3n) is 5.90. The molecule has 0 aliphatic heterocycles. The van der Waals surface area contributed by atoms with E-state index in [1.807, 2.05) is 0 Å². The van der Waals surface area contributed by atoms with Crippen LogP contribution in [0.2, 0.25) is 5.15 Å². The van der Waals surface area contributed by atoms with Crippen molar-refractivity contribution in [1.29, 1.82) is 0 Å². The summed E-state index contributed by atoms with van der Waals surface area (Å²) in [4.78, 5) is 17.3. The maximum atomic E-state index is 13.2. The molecule has 0 N–H and O–H groups in total. The highest BCUT2D eigenvalue weighted by molar-refractivity contribution is 6.29. The molecule has 144 valence electrons. The molecular formula is C25H20ClNO2. The number of hydrogen-bond donors (Lipinski definition) is 0. The lowest BCUT2D eigenvalue weighted by atomic mass is 9.82. The van der Waals surface area contributed by atoms with Gasteiger partial charge in [0, 0.05) is 17.5 Å². The summed E-state index contributed by atoms with van der Waals surface area (Å²) in [5.41, 5.74) is 5.75. The number of benzene rings is 2. The first kappa shape index (κ1) is 18.1. The Balaban J connectivity index is 1.61. The van der Waals surface area contributed by atoms with Crippen molar-refractivity contribution < 1.29 is 9.53 Å². The smallest absolute Gasteiger partial charge is 0.215 e. The first-order valence-corrected chi connectivity index (χ1v) is 10.2. The second kappa shape index (κ2) is 7.16. The number of carbonyl (C=O) groups excluding carboxylic acids is 1. The minimum Gasteiger partial charge on any atom is -0.481 e. The lowest BCUT2D eigenvalue weighted by molar-refractivity contribution is 0.0946. The number of aromatic nitrogens is 1. The van der Waals surface area contributed by atoms with Crippen LogP contribution in [-0.4, -0.2) is 17.9 Å². The highest BCUT2D eigenvalue weighted by Gasteiger charge is 2.24. The molecule has 5 rings (SSSR count). The maximum Gasteiger partial charge on any atom is 0.215 e. The number of pyridine rings is 1. The van der Waals surface area contributed by atoms with Gasteiger partial charge in [0.15, 0.2) is 5.78 Å². The molecule has 0 fully saturated rings. The zero-order valence-corrected chi connectivity index (χ0v) is 16.9. The fraction of sp³-hybridized carbons (Fsp3) is 0.200. The number of methoxy groups -OCH3 is 1. The minimum atomic E-state index is -0.178. The van der Waals surface area contributed by atoms with Crippen LogP contribution in [0.3, 0.4) is 0 Å². The van der Waals surface area contributed by atoms with E-state index < -0.39 is 0 Å². The summed E-state index contributed by atoms with van der Waals surface area (Å²) < 4.78 is 5.17. The van der Waals surface area contributed by atoms with Crippen LogP contribution < -0.4 is 15.2 Å². The Bertz CT molecular complexity index is 1260. The highest BCUT2D eigenvalue weighted by atomic mass is 35.5. The minimum absolute atomic E-state index is 0.0621. The topological polar surface area (TPSA) is 39.2 Å². The first-order chi connectivity index (χ1) is 14.1. The van der Waals surface area contributed by atoms with Crippen molar-refractivity contribution in [2.24, 2.45) is 5.92 Å². The van der Waals surface area contributed by atoms with E-state index in [1.54, 1.807) is 12.1 Å². The summed E-state index contributed by atoms with van der Waals surface area (Å²) in [6, 6.07) is 16.3. The molecule has 2 aliphatic carbocycles. The number of hydrogen-bond acceptors (Lipinski definition) is 3. The van der Waals surface area contributed by atoms with Crippen LogP contribution in [0.15, 0.2) is 48.5 Å². The number of ketones is 1. The quantitative estimate of drug-likeness (QED) is 0.492. The summed E-state index contributed by atoms with van der Waals surface area (Å²) in [7, 11) is 1.52. The van der Waals surface area contributed by atoms with E-state index in [2.05, 4.69) is 53.5 Å². The second-order valence-electron chi connectivity index (χ2n) is 7.56. The first-order valence-electron chi connectivity index (χ1n) is 9.82. The number of rotatable bonds is 3. The summed E-state index contributed by atoms with van der Waals surface area (Å²) in [5, 5.41) is 2.73. The summed E-state index contributed by atoms with van der Waals surface area (Å²) >= 11 is 6.08. The zero-order chi connectivity index (χ0) is 20.0. The Morgan fingerprint density at radius 3 is 2.79 bits per heavy atom. The third-order valence-corrected chi connectivity index (χ3v) is 6.10. The van der Waals surface area contributed by atoms with Crippen molar-refractivity contribution in [3.8, 4) is 17.0 Å². The van der Waals surface area contributed by atoms with Gasteiger partial charge < -0.3 is 4.74 Å². The molecule has 0 radical (unpaired) electrons. The lowest BCUT2D eigenvalue weighted by Crippen LogP contribution is -2.37. The largest absolute Gasteiger partial charge is 0.481 e. The van der Waals surface area contributed by atoms with Gasteiger partial charge in [-0.05, 0) is 58.0 Å². The SMILES string of the molecule is COc1cc(C(=O)C2C=c3c(ccc4c3=CCc3ccccc3-4)CC2)cc(Cl)n1. The molecule has 3 aromatic rings.